The van der Waals surface area contributed by atoms with Crippen LogP contribution in [0.1, 0.15) is 48.0 Å². The highest BCUT2D eigenvalue weighted by molar-refractivity contribution is 4.78. The third-order valence-corrected chi connectivity index (χ3v) is 2.68. The van der Waals surface area contributed by atoms with Gasteiger partial charge in [-0.05, 0) is 30.8 Å². The van der Waals surface area contributed by atoms with E-state index >= 15 is 0 Å². The molecule has 0 fully saturated rings. The van der Waals surface area contributed by atoms with Gasteiger partial charge in [-0.1, -0.05) is 41.5 Å². The second-order valence-corrected chi connectivity index (χ2v) is 7.06. The van der Waals surface area contributed by atoms with Gasteiger partial charge in [0.15, 0.2) is 0 Å². The van der Waals surface area contributed by atoms with Gasteiger partial charge in [-0.25, -0.2) is 0 Å². The highest BCUT2D eigenvalue weighted by atomic mass is 15.1. The predicted octanol–water partition coefficient (Wildman–Crippen LogP) is 2.73. The van der Waals surface area contributed by atoms with Crippen LogP contribution in [0.15, 0.2) is 0 Å². The monoisotopic (exact) mass is 214 g/mol. The molecule has 0 aliphatic heterocycles. The molecule has 0 aliphatic rings. The minimum atomic E-state index is 0.225. The SMILES string of the molecule is CN(CCC(N)C(C)(C)C)CC(C)(C)C. The molecule has 0 heterocycles. The van der Waals surface area contributed by atoms with E-state index in [0.717, 1.165) is 19.5 Å². The van der Waals surface area contributed by atoms with Crippen molar-refractivity contribution in [2.24, 2.45) is 16.6 Å². The maximum Gasteiger partial charge on any atom is 0.00998 e. The van der Waals surface area contributed by atoms with Crippen molar-refractivity contribution in [1.82, 2.24) is 4.90 Å². The van der Waals surface area contributed by atoms with Gasteiger partial charge in [0.2, 0.25) is 0 Å². The van der Waals surface area contributed by atoms with E-state index in [-0.39, 0.29) is 5.41 Å². The summed E-state index contributed by atoms with van der Waals surface area (Å²) in [6.45, 7) is 15.7. The van der Waals surface area contributed by atoms with Crippen molar-refractivity contribution in [2.45, 2.75) is 54.0 Å². The third kappa shape index (κ3) is 7.80. The lowest BCUT2D eigenvalue weighted by molar-refractivity contribution is 0.203. The average molecular weight is 214 g/mol. The number of hydrogen-bond donors (Lipinski definition) is 1. The summed E-state index contributed by atoms with van der Waals surface area (Å²) in [5, 5.41) is 0. The van der Waals surface area contributed by atoms with Crippen molar-refractivity contribution in [3.63, 3.8) is 0 Å². The number of rotatable bonds is 4. The van der Waals surface area contributed by atoms with Crippen LogP contribution in [0, 0.1) is 10.8 Å². The lowest BCUT2D eigenvalue weighted by atomic mass is 9.85. The molecule has 92 valence electrons. The van der Waals surface area contributed by atoms with Crippen molar-refractivity contribution < 1.29 is 0 Å². The second kappa shape index (κ2) is 5.31. The third-order valence-electron chi connectivity index (χ3n) is 2.68. The predicted molar refractivity (Wildman–Crippen MR) is 69.0 cm³/mol. The quantitative estimate of drug-likeness (QED) is 0.779. The molecule has 2 nitrogen and oxygen atoms in total. The van der Waals surface area contributed by atoms with Gasteiger partial charge in [0.25, 0.3) is 0 Å². The first-order valence-corrected chi connectivity index (χ1v) is 5.96. The topological polar surface area (TPSA) is 29.3 Å². The molecule has 2 N–H and O–H groups in total. The van der Waals surface area contributed by atoms with Gasteiger partial charge in [0, 0.05) is 12.6 Å². The summed E-state index contributed by atoms with van der Waals surface area (Å²) in [5.41, 5.74) is 6.74. The summed E-state index contributed by atoms with van der Waals surface area (Å²) >= 11 is 0. The molecule has 0 saturated carbocycles. The van der Waals surface area contributed by atoms with Gasteiger partial charge in [-0.15, -0.1) is 0 Å². The Morgan fingerprint density at radius 2 is 1.53 bits per heavy atom. The maximum absolute atomic E-state index is 6.14. The molecule has 1 atom stereocenters. The van der Waals surface area contributed by atoms with Crippen molar-refractivity contribution in [3.8, 4) is 0 Å². The summed E-state index contributed by atoms with van der Waals surface area (Å²) in [7, 11) is 2.18. The molecule has 0 aromatic heterocycles. The Morgan fingerprint density at radius 3 is 1.87 bits per heavy atom. The Bertz CT molecular complexity index is 174. The standard InChI is InChI=1S/C13H30N2/c1-12(2,3)10-15(7)9-8-11(14)13(4,5)6/h11H,8-10,14H2,1-7H3. The van der Waals surface area contributed by atoms with Crippen LogP contribution in [-0.2, 0) is 0 Å². The Kier molecular flexibility index (Phi) is 5.28. The zero-order chi connectivity index (χ0) is 12.3. The fourth-order valence-electron chi connectivity index (χ4n) is 1.68. The normalized spacial score (nSPS) is 15.8. The Labute approximate surface area is 96.2 Å². The fourth-order valence-corrected chi connectivity index (χ4v) is 1.68. The number of nitrogens with zero attached hydrogens (tertiary/aromatic N) is 1. The highest BCUT2D eigenvalue weighted by Gasteiger charge is 2.21. The van der Waals surface area contributed by atoms with E-state index in [0.29, 0.717) is 11.5 Å². The minimum Gasteiger partial charge on any atom is -0.327 e. The van der Waals surface area contributed by atoms with Crippen molar-refractivity contribution in [1.29, 1.82) is 0 Å². The fraction of sp³-hybridized carbons (Fsp3) is 1.00. The van der Waals surface area contributed by atoms with Crippen LogP contribution in [-0.4, -0.2) is 31.1 Å². The summed E-state index contributed by atoms with van der Waals surface area (Å²) < 4.78 is 0. The molecule has 0 bridgehead atoms. The Morgan fingerprint density at radius 1 is 1.07 bits per heavy atom. The maximum atomic E-state index is 6.14. The summed E-state index contributed by atoms with van der Waals surface area (Å²) in [4.78, 5) is 2.38. The van der Waals surface area contributed by atoms with E-state index in [9.17, 15) is 0 Å². The first-order chi connectivity index (χ1) is 6.52. The molecule has 2 heteroatoms. The largest absolute Gasteiger partial charge is 0.327 e. The second-order valence-electron chi connectivity index (χ2n) is 7.06. The lowest BCUT2D eigenvalue weighted by Crippen LogP contribution is -2.39. The van der Waals surface area contributed by atoms with Gasteiger partial charge in [0.1, 0.15) is 0 Å². The molecule has 15 heavy (non-hydrogen) atoms. The van der Waals surface area contributed by atoms with Crippen LogP contribution in [0.2, 0.25) is 0 Å². The molecule has 0 rings (SSSR count). The molecule has 1 unspecified atom stereocenters. The van der Waals surface area contributed by atoms with E-state index in [1.807, 2.05) is 0 Å². The smallest absolute Gasteiger partial charge is 0.00998 e. The van der Waals surface area contributed by atoms with Crippen LogP contribution < -0.4 is 5.73 Å². The molecule has 0 spiro atoms. The Hall–Kier alpha value is -0.0800. The van der Waals surface area contributed by atoms with Gasteiger partial charge in [-0.3, -0.25) is 0 Å². The van der Waals surface area contributed by atoms with Gasteiger partial charge in [-0.2, -0.15) is 0 Å². The molecule has 0 amide bonds. The zero-order valence-electron chi connectivity index (χ0n) is 11.7. The van der Waals surface area contributed by atoms with Crippen molar-refractivity contribution >= 4 is 0 Å². The number of nitrogens with two attached hydrogens (primary N) is 1. The molecule has 0 aromatic rings. The van der Waals surface area contributed by atoms with Crippen LogP contribution in [0.4, 0.5) is 0 Å². The molecular formula is C13H30N2. The number of hydrogen-bond acceptors (Lipinski definition) is 2. The lowest BCUT2D eigenvalue weighted by Gasteiger charge is -2.31. The molecule has 0 radical (unpaired) electrons. The summed E-state index contributed by atoms with van der Waals surface area (Å²) in [6.07, 6.45) is 1.08. The zero-order valence-corrected chi connectivity index (χ0v) is 11.7. The summed E-state index contributed by atoms with van der Waals surface area (Å²) in [6, 6.07) is 0.292. The first kappa shape index (κ1) is 14.9. The van der Waals surface area contributed by atoms with Crippen LogP contribution >= 0.6 is 0 Å². The van der Waals surface area contributed by atoms with E-state index in [1.165, 1.54) is 0 Å². The molecule has 0 saturated heterocycles. The Balaban J connectivity index is 3.87. The van der Waals surface area contributed by atoms with E-state index in [1.54, 1.807) is 0 Å². The van der Waals surface area contributed by atoms with Gasteiger partial charge < -0.3 is 10.6 Å². The molecule has 0 aromatic carbocycles. The highest BCUT2D eigenvalue weighted by Crippen LogP contribution is 2.20. The van der Waals surface area contributed by atoms with E-state index in [4.69, 9.17) is 5.73 Å². The summed E-state index contributed by atoms with van der Waals surface area (Å²) in [5.74, 6) is 0. The first-order valence-electron chi connectivity index (χ1n) is 5.96. The average Bonchev–Trinajstić information content (AvgIpc) is 1.94. The minimum absolute atomic E-state index is 0.225. The van der Waals surface area contributed by atoms with Gasteiger partial charge >= 0.3 is 0 Å². The van der Waals surface area contributed by atoms with Gasteiger partial charge in [0.05, 0.1) is 0 Å². The van der Waals surface area contributed by atoms with Crippen LogP contribution in [0.5, 0.6) is 0 Å². The van der Waals surface area contributed by atoms with E-state index in [2.05, 4.69) is 53.5 Å². The van der Waals surface area contributed by atoms with Crippen molar-refractivity contribution in [3.05, 3.63) is 0 Å². The molecular weight excluding hydrogens is 184 g/mol. The van der Waals surface area contributed by atoms with Crippen LogP contribution in [0.25, 0.3) is 0 Å². The molecule has 0 aliphatic carbocycles. The van der Waals surface area contributed by atoms with E-state index < -0.39 is 0 Å². The van der Waals surface area contributed by atoms with Crippen LogP contribution in [0.3, 0.4) is 0 Å². The van der Waals surface area contributed by atoms with Crippen molar-refractivity contribution in [2.75, 3.05) is 20.1 Å².